The van der Waals surface area contributed by atoms with Crippen LogP contribution in [0.5, 0.6) is 0 Å². The fourth-order valence-electron chi connectivity index (χ4n) is 1.96. The molecule has 1 aliphatic heterocycles. The Bertz CT molecular complexity index is 235. The topological polar surface area (TPSA) is 41.6 Å². The molecule has 16 heavy (non-hydrogen) atoms. The molecule has 1 N–H and O–H groups in total. The summed E-state index contributed by atoms with van der Waals surface area (Å²) in [5, 5.41) is 3.15. The lowest BCUT2D eigenvalue weighted by molar-refractivity contribution is -0.146. The van der Waals surface area contributed by atoms with E-state index in [0.29, 0.717) is 6.04 Å². The van der Waals surface area contributed by atoms with Crippen molar-refractivity contribution in [2.75, 3.05) is 26.7 Å². The maximum atomic E-state index is 11.9. The van der Waals surface area contributed by atoms with Crippen LogP contribution in [0.3, 0.4) is 0 Å². The Morgan fingerprint density at radius 2 is 2.00 bits per heavy atom. The molecule has 1 amide bonds. The Morgan fingerprint density at radius 1 is 1.44 bits per heavy atom. The van der Waals surface area contributed by atoms with Crippen LogP contribution in [0, 0.1) is 0 Å². The Balaban J connectivity index is 2.33. The van der Waals surface area contributed by atoms with Crippen LogP contribution in [0.15, 0.2) is 0 Å². The van der Waals surface area contributed by atoms with Crippen molar-refractivity contribution in [2.45, 2.75) is 45.3 Å². The summed E-state index contributed by atoms with van der Waals surface area (Å²) in [6.07, 6.45) is 2.00. The monoisotopic (exact) mass is 228 g/mol. The summed E-state index contributed by atoms with van der Waals surface area (Å²) in [5.41, 5.74) is -0.134. The van der Waals surface area contributed by atoms with Crippen LogP contribution in [0.25, 0.3) is 0 Å². The lowest BCUT2D eigenvalue weighted by Crippen LogP contribution is -2.59. The van der Waals surface area contributed by atoms with Crippen molar-refractivity contribution in [1.82, 2.24) is 10.2 Å². The minimum atomic E-state index is -0.134. The SMILES string of the molecule is CCC(CC)N(C)C(=O)COC1(C)CNC1. The summed E-state index contributed by atoms with van der Waals surface area (Å²) in [7, 11) is 1.87. The average molecular weight is 228 g/mol. The second kappa shape index (κ2) is 5.64. The molecule has 0 saturated carbocycles. The highest BCUT2D eigenvalue weighted by atomic mass is 16.5. The number of nitrogens with zero attached hydrogens (tertiary/aromatic N) is 1. The van der Waals surface area contributed by atoms with Crippen molar-refractivity contribution < 1.29 is 9.53 Å². The van der Waals surface area contributed by atoms with Crippen molar-refractivity contribution in [3.63, 3.8) is 0 Å². The minimum Gasteiger partial charge on any atom is -0.363 e. The van der Waals surface area contributed by atoms with Gasteiger partial charge in [-0.1, -0.05) is 13.8 Å². The molecule has 0 spiro atoms. The van der Waals surface area contributed by atoms with Crippen molar-refractivity contribution in [3.05, 3.63) is 0 Å². The van der Waals surface area contributed by atoms with E-state index in [9.17, 15) is 4.79 Å². The van der Waals surface area contributed by atoms with Crippen LogP contribution < -0.4 is 5.32 Å². The van der Waals surface area contributed by atoms with Crippen LogP contribution >= 0.6 is 0 Å². The van der Waals surface area contributed by atoms with Gasteiger partial charge >= 0.3 is 0 Å². The van der Waals surface area contributed by atoms with Crippen LogP contribution in [0.1, 0.15) is 33.6 Å². The molecule has 1 fully saturated rings. The third-order valence-corrected chi connectivity index (χ3v) is 3.43. The molecular weight excluding hydrogens is 204 g/mol. The molecule has 94 valence electrons. The maximum absolute atomic E-state index is 11.9. The summed E-state index contributed by atoms with van der Waals surface area (Å²) in [4.78, 5) is 13.7. The van der Waals surface area contributed by atoms with Gasteiger partial charge in [-0.2, -0.15) is 0 Å². The van der Waals surface area contributed by atoms with Crippen LogP contribution in [-0.2, 0) is 9.53 Å². The Morgan fingerprint density at radius 3 is 2.38 bits per heavy atom. The third-order valence-electron chi connectivity index (χ3n) is 3.43. The highest BCUT2D eigenvalue weighted by Crippen LogP contribution is 2.15. The number of ether oxygens (including phenoxy) is 1. The first kappa shape index (κ1) is 13.5. The van der Waals surface area contributed by atoms with Gasteiger partial charge in [-0.3, -0.25) is 4.79 Å². The van der Waals surface area contributed by atoms with Gasteiger partial charge < -0.3 is 15.0 Å². The lowest BCUT2D eigenvalue weighted by atomic mass is 10.0. The Labute approximate surface area is 98.3 Å². The van der Waals surface area contributed by atoms with Gasteiger partial charge in [0.2, 0.25) is 5.91 Å². The molecule has 1 aliphatic rings. The van der Waals surface area contributed by atoms with E-state index in [1.54, 1.807) is 0 Å². The number of hydrogen-bond acceptors (Lipinski definition) is 3. The zero-order chi connectivity index (χ0) is 12.2. The molecule has 0 aromatic rings. The summed E-state index contributed by atoms with van der Waals surface area (Å²) in [5.74, 6) is 0.0850. The van der Waals surface area contributed by atoms with Crippen LogP contribution in [0.4, 0.5) is 0 Å². The molecule has 0 atom stereocenters. The minimum absolute atomic E-state index is 0.0850. The van der Waals surface area contributed by atoms with E-state index in [-0.39, 0.29) is 18.1 Å². The molecule has 0 radical (unpaired) electrons. The lowest BCUT2D eigenvalue weighted by Gasteiger charge is -2.39. The highest BCUT2D eigenvalue weighted by molar-refractivity contribution is 5.77. The third kappa shape index (κ3) is 3.19. The summed E-state index contributed by atoms with van der Waals surface area (Å²) in [6.45, 7) is 8.13. The van der Waals surface area contributed by atoms with Gasteiger partial charge in [-0.15, -0.1) is 0 Å². The fraction of sp³-hybridized carbons (Fsp3) is 0.917. The van der Waals surface area contributed by atoms with Crippen molar-refractivity contribution in [1.29, 1.82) is 0 Å². The molecule has 0 aromatic heterocycles. The number of amides is 1. The van der Waals surface area contributed by atoms with Crippen LogP contribution in [0.2, 0.25) is 0 Å². The van der Waals surface area contributed by atoms with E-state index in [1.165, 1.54) is 0 Å². The number of nitrogens with one attached hydrogen (secondary N) is 1. The Hall–Kier alpha value is -0.610. The molecule has 0 unspecified atom stereocenters. The number of carbonyl (C=O) groups is 1. The number of carbonyl (C=O) groups excluding carboxylic acids is 1. The zero-order valence-electron chi connectivity index (χ0n) is 10.9. The predicted octanol–water partition coefficient (Wildman–Crippen LogP) is 1.01. The van der Waals surface area contributed by atoms with E-state index >= 15 is 0 Å². The van der Waals surface area contributed by atoms with Gasteiger partial charge in [0.15, 0.2) is 0 Å². The van der Waals surface area contributed by atoms with E-state index < -0.39 is 0 Å². The van der Waals surface area contributed by atoms with Gasteiger partial charge in [-0.05, 0) is 19.8 Å². The van der Waals surface area contributed by atoms with Gasteiger partial charge in [0.1, 0.15) is 6.61 Å². The molecule has 0 aliphatic carbocycles. The quantitative estimate of drug-likeness (QED) is 0.738. The highest BCUT2D eigenvalue weighted by Gasteiger charge is 2.33. The first-order chi connectivity index (χ1) is 7.52. The fourth-order valence-corrected chi connectivity index (χ4v) is 1.96. The zero-order valence-corrected chi connectivity index (χ0v) is 10.9. The van der Waals surface area contributed by atoms with Gasteiger partial charge in [0.05, 0.1) is 5.60 Å². The van der Waals surface area contributed by atoms with E-state index in [4.69, 9.17) is 4.74 Å². The maximum Gasteiger partial charge on any atom is 0.248 e. The number of likely N-dealkylation sites (N-methyl/N-ethyl adjacent to an activating group) is 1. The Kier molecular flexibility index (Phi) is 4.74. The number of rotatable bonds is 6. The van der Waals surface area contributed by atoms with Crippen molar-refractivity contribution >= 4 is 5.91 Å². The number of hydrogen-bond donors (Lipinski definition) is 1. The normalized spacial score (nSPS) is 18.3. The van der Waals surface area contributed by atoms with Gasteiger partial charge in [-0.25, -0.2) is 0 Å². The van der Waals surface area contributed by atoms with Crippen molar-refractivity contribution in [3.8, 4) is 0 Å². The van der Waals surface area contributed by atoms with Gasteiger partial charge in [0.25, 0.3) is 0 Å². The first-order valence-corrected chi connectivity index (χ1v) is 6.12. The first-order valence-electron chi connectivity index (χ1n) is 6.12. The second-order valence-corrected chi connectivity index (χ2v) is 4.82. The van der Waals surface area contributed by atoms with E-state index in [2.05, 4.69) is 19.2 Å². The summed E-state index contributed by atoms with van der Waals surface area (Å²) >= 11 is 0. The molecule has 4 heteroatoms. The van der Waals surface area contributed by atoms with Crippen molar-refractivity contribution in [2.24, 2.45) is 0 Å². The molecule has 0 aromatic carbocycles. The summed E-state index contributed by atoms with van der Waals surface area (Å²) < 4.78 is 5.63. The second-order valence-electron chi connectivity index (χ2n) is 4.82. The molecular formula is C12H24N2O2. The molecule has 1 heterocycles. The van der Waals surface area contributed by atoms with Gasteiger partial charge in [0, 0.05) is 26.2 Å². The molecule has 1 rings (SSSR count). The standard InChI is InChI=1S/C12H24N2O2/c1-5-10(6-2)14(4)11(15)7-16-12(3)8-13-9-12/h10,13H,5-9H2,1-4H3. The smallest absolute Gasteiger partial charge is 0.248 e. The predicted molar refractivity (Wildman–Crippen MR) is 64.4 cm³/mol. The average Bonchev–Trinajstić information content (AvgIpc) is 2.24. The van der Waals surface area contributed by atoms with E-state index in [0.717, 1.165) is 25.9 Å². The largest absolute Gasteiger partial charge is 0.363 e. The van der Waals surface area contributed by atoms with E-state index in [1.807, 2.05) is 18.9 Å². The van der Waals surface area contributed by atoms with Crippen LogP contribution in [-0.4, -0.2) is 49.2 Å². The molecule has 1 saturated heterocycles. The summed E-state index contributed by atoms with van der Waals surface area (Å²) in [6, 6.07) is 0.337. The molecule has 0 bridgehead atoms. The molecule has 4 nitrogen and oxygen atoms in total.